The zero-order chi connectivity index (χ0) is 18.7. The molecule has 0 fully saturated rings. The molecule has 5 heteroatoms. The average molecular weight is 368 g/mol. The third kappa shape index (κ3) is 4.28. The molecular formula is C21H25N3OS. The Morgan fingerprint density at radius 1 is 1.00 bits per heavy atom. The summed E-state index contributed by atoms with van der Waals surface area (Å²) in [4.78, 5) is 0. The van der Waals surface area contributed by atoms with Gasteiger partial charge in [-0.2, -0.15) is 0 Å². The molecular weight excluding hydrogens is 342 g/mol. The quantitative estimate of drug-likeness (QED) is 0.563. The molecule has 1 aromatic heterocycles. The molecule has 0 N–H and O–H groups in total. The molecule has 0 aliphatic rings. The van der Waals surface area contributed by atoms with Gasteiger partial charge >= 0.3 is 0 Å². The molecule has 3 aromatic rings. The first kappa shape index (κ1) is 18.5. The van der Waals surface area contributed by atoms with Crippen LogP contribution in [-0.2, 0) is 12.8 Å². The molecule has 0 aliphatic heterocycles. The van der Waals surface area contributed by atoms with Gasteiger partial charge in [0, 0.05) is 12.8 Å². The third-order valence-electron chi connectivity index (χ3n) is 4.51. The van der Waals surface area contributed by atoms with Gasteiger partial charge in [-0.15, -0.1) is 10.2 Å². The maximum absolute atomic E-state index is 6.07. The Balaban J connectivity index is 1.67. The van der Waals surface area contributed by atoms with Crippen LogP contribution in [-0.4, -0.2) is 14.8 Å². The smallest absolute Gasteiger partial charge is 0.191 e. The van der Waals surface area contributed by atoms with E-state index in [1.54, 1.807) is 11.8 Å². The molecule has 1 heterocycles. The van der Waals surface area contributed by atoms with Crippen molar-refractivity contribution < 1.29 is 4.74 Å². The summed E-state index contributed by atoms with van der Waals surface area (Å²) in [6.45, 7) is 8.30. The zero-order valence-corrected chi connectivity index (χ0v) is 16.8. The van der Waals surface area contributed by atoms with E-state index < -0.39 is 0 Å². The van der Waals surface area contributed by atoms with E-state index in [1.165, 1.54) is 22.3 Å². The Bertz CT molecular complexity index is 887. The van der Waals surface area contributed by atoms with Crippen molar-refractivity contribution in [3.05, 3.63) is 70.5 Å². The van der Waals surface area contributed by atoms with E-state index in [-0.39, 0.29) is 6.10 Å². The van der Waals surface area contributed by atoms with Gasteiger partial charge in [-0.3, -0.25) is 0 Å². The van der Waals surface area contributed by atoms with E-state index in [4.69, 9.17) is 4.74 Å². The van der Waals surface area contributed by atoms with Crippen molar-refractivity contribution in [1.29, 1.82) is 0 Å². The van der Waals surface area contributed by atoms with Crippen molar-refractivity contribution in [2.24, 2.45) is 7.05 Å². The molecule has 0 spiro atoms. The predicted octanol–water partition coefficient (Wildman–Crippen LogP) is 5.17. The lowest BCUT2D eigenvalue weighted by atomic mass is 10.1. The van der Waals surface area contributed by atoms with Gasteiger partial charge < -0.3 is 9.30 Å². The van der Waals surface area contributed by atoms with E-state index in [9.17, 15) is 0 Å². The first-order valence-corrected chi connectivity index (χ1v) is 9.74. The van der Waals surface area contributed by atoms with Crippen LogP contribution in [0.2, 0.25) is 0 Å². The third-order valence-corrected chi connectivity index (χ3v) is 5.60. The second-order valence-electron chi connectivity index (χ2n) is 6.68. The summed E-state index contributed by atoms with van der Waals surface area (Å²) in [6.07, 6.45) is -0.164. The van der Waals surface area contributed by atoms with Gasteiger partial charge in [-0.05, 0) is 56.5 Å². The number of thioether (sulfide) groups is 1. The molecule has 1 atom stereocenters. The Kier molecular flexibility index (Phi) is 5.67. The monoisotopic (exact) mass is 367 g/mol. The van der Waals surface area contributed by atoms with Crippen molar-refractivity contribution >= 4 is 11.8 Å². The highest BCUT2D eigenvalue weighted by molar-refractivity contribution is 7.98. The van der Waals surface area contributed by atoms with Crippen LogP contribution in [0, 0.1) is 20.8 Å². The lowest BCUT2D eigenvalue weighted by Crippen LogP contribution is -2.10. The molecule has 0 aliphatic carbocycles. The maximum Gasteiger partial charge on any atom is 0.191 e. The molecule has 0 bridgehead atoms. The average Bonchev–Trinajstić information content (AvgIpc) is 2.98. The van der Waals surface area contributed by atoms with Gasteiger partial charge in [-0.1, -0.05) is 47.7 Å². The van der Waals surface area contributed by atoms with Crippen LogP contribution in [0.15, 0.2) is 47.6 Å². The van der Waals surface area contributed by atoms with Gasteiger partial charge in [0.05, 0.1) is 0 Å². The van der Waals surface area contributed by atoms with Crippen molar-refractivity contribution in [3.8, 4) is 5.75 Å². The van der Waals surface area contributed by atoms with Crippen LogP contribution >= 0.6 is 11.8 Å². The number of benzene rings is 2. The molecule has 136 valence electrons. The first-order valence-electron chi connectivity index (χ1n) is 8.75. The Hall–Kier alpha value is -2.27. The van der Waals surface area contributed by atoms with Crippen LogP contribution in [0.25, 0.3) is 0 Å². The Morgan fingerprint density at radius 3 is 2.42 bits per heavy atom. The predicted molar refractivity (Wildman–Crippen MR) is 107 cm³/mol. The van der Waals surface area contributed by atoms with E-state index in [0.29, 0.717) is 0 Å². The molecule has 0 saturated heterocycles. The number of ether oxygens (including phenoxy) is 1. The Labute approximate surface area is 159 Å². The fourth-order valence-electron chi connectivity index (χ4n) is 2.68. The van der Waals surface area contributed by atoms with Gasteiger partial charge in [0.25, 0.3) is 0 Å². The SMILES string of the molecule is Cc1ccc(CSc2nnc(C(C)Oc3ccc(C)c(C)c3)n2C)cc1. The highest BCUT2D eigenvalue weighted by Crippen LogP contribution is 2.26. The van der Waals surface area contributed by atoms with Crippen LogP contribution in [0.5, 0.6) is 5.75 Å². The number of hydrogen-bond donors (Lipinski definition) is 0. The summed E-state index contributed by atoms with van der Waals surface area (Å²) in [5.74, 6) is 2.56. The molecule has 0 radical (unpaired) electrons. The molecule has 3 rings (SSSR count). The summed E-state index contributed by atoms with van der Waals surface area (Å²) in [6, 6.07) is 14.7. The normalized spacial score (nSPS) is 12.2. The molecule has 26 heavy (non-hydrogen) atoms. The fraction of sp³-hybridized carbons (Fsp3) is 0.333. The van der Waals surface area contributed by atoms with Gasteiger partial charge in [-0.25, -0.2) is 0 Å². The standard InChI is InChI=1S/C21H25N3OS/c1-14-6-9-18(10-7-14)13-26-21-23-22-20(24(21)5)17(4)25-19-11-8-15(2)16(3)12-19/h6-12,17H,13H2,1-5H3. The van der Waals surface area contributed by atoms with E-state index in [2.05, 4.69) is 67.4 Å². The van der Waals surface area contributed by atoms with Crippen molar-refractivity contribution in [2.45, 2.75) is 44.7 Å². The number of nitrogens with zero attached hydrogens (tertiary/aromatic N) is 3. The van der Waals surface area contributed by atoms with Crippen LogP contribution in [0.1, 0.15) is 41.1 Å². The van der Waals surface area contributed by atoms with Crippen LogP contribution in [0.4, 0.5) is 0 Å². The number of aryl methyl sites for hydroxylation is 3. The van der Waals surface area contributed by atoms with E-state index in [1.807, 2.05) is 24.6 Å². The number of rotatable bonds is 6. The van der Waals surface area contributed by atoms with Gasteiger partial charge in [0.1, 0.15) is 5.75 Å². The second kappa shape index (κ2) is 7.96. The summed E-state index contributed by atoms with van der Waals surface area (Å²) in [5.41, 5.74) is 5.04. The first-order chi connectivity index (χ1) is 12.4. The molecule has 4 nitrogen and oxygen atoms in total. The van der Waals surface area contributed by atoms with Crippen LogP contribution in [0.3, 0.4) is 0 Å². The minimum Gasteiger partial charge on any atom is -0.483 e. The number of aromatic nitrogens is 3. The summed E-state index contributed by atoms with van der Waals surface area (Å²) >= 11 is 1.69. The largest absolute Gasteiger partial charge is 0.483 e. The lowest BCUT2D eigenvalue weighted by Gasteiger charge is -2.15. The minimum atomic E-state index is -0.164. The summed E-state index contributed by atoms with van der Waals surface area (Å²) in [7, 11) is 1.99. The van der Waals surface area contributed by atoms with Gasteiger partial charge in [0.2, 0.25) is 0 Å². The van der Waals surface area contributed by atoms with Gasteiger partial charge in [0.15, 0.2) is 17.1 Å². The highest BCUT2D eigenvalue weighted by Gasteiger charge is 2.17. The van der Waals surface area contributed by atoms with Crippen molar-refractivity contribution in [3.63, 3.8) is 0 Å². The summed E-state index contributed by atoms with van der Waals surface area (Å²) < 4.78 is 8.09. The van der Waals surface area contributed by atoms with E-state index >= 15 is 0 Å². The maximum atomic E-state index is 6.07. The topological polar surface area (TPSA) is 39.9 Å². The molecule has 0 amide bonds. The second-order valence-corrected chi connectivity index (χ2v) is 7.62. The molecule has 0 saturated carbocycles. The van der Waals surface area contributed by atoms with Crippen molar-refractivity contribution in [2.75, 3.05) is 0 Å². The summed E-state index contributed by atoms with van der Waals surface area (Å²) in [5, 5.41) is 9.58. The molecule has 2 aromatic carbocycles. The van der Waals surface area contributed by atoms with E-state index in [0.717, 1.165) is 22.5 Å². The zero-order valence-electron chi connectivity index (χ0n) is 16.0. The number of hydrogen-bond acceptors (Lipinski definition) is 4. The Morgan fingerprint density at radius 2 is 1.73 bits per heavy atom. The highest BCUT2D eigenvalue weighted by atomic mass is 32.2. The fourth-order valence-corrected chi connectivity index (χ4v) is 3.56. The lowest BCUT2D eigenvalue weighted by molar-refractivity contribution is 0.211. The minimum absolute atomic E-state index is 0.164. The molecule has 1 unspecified atom stereocenters. The van der Waals surface area contributed by atoms with Crippen LogP contribution < -0.4 is 4.74 Å². The van der Waals surface area contributed by atoms with Crippen molar-refractivity contribution in [1.82, 2.24) is 14.8 Å².